The van der Waals surface area contributed by atoms with Crippen molar-refractivity contribution in [1.29, 1.82) is 0 Å². The van der Waals surface area contributed by atoms with Crippen LogP contribution >= 0.6 is 11.3 Å². The molecule has 0 bridgehead atoms. The van der Waals surface area contributed by atoms with Gasteiger partial charge in [-0.1, -0.05) is 17.6 Å². The number of nitrogens with one attached hydrogen (secondary N) is 2. The molecule has 0 amide bonds. The van der Waals surface area contributed by atoms with Crippen molar-refractivity contribution in [3.63, 3.8) is 0 Å². The van der Waals surface area contributed by atoms with E-state index < -0.39 is 0 Å². The first-order valence-corrected chi connectivity index (χ1v) is 17.5. The lowest BCUT2D eigenvalue weighted by atomic mass is 10.0. The number of rotatable bonds is 16. The maximum atomic E-state index is 9.96. The Bertz CT molecular complexity index is 2180. The molecule has 7 N–H and O–H groups in total. The molecule has 0 aromatic carbocycles. The van der Waals surface area contributed by atoms with E-state index in [9.17, 15) is 5.11 Å². The maximum absolute atomic E-state index is 9.96. The number of nitrogens with zero attached hydrogens (tertiary/aromatic N) is 9. The van der Waals surface area contributed by atoms with Gasteiger partial charge in [-0.05, 0) is 56.4 Å². The fraction of sp³-hybridized carbons (Fsp3) is 0.324. The molecule has 7 heterocycles. The van der Waals surface area contributed by atoms with Crippen LogP contribution in [0.1, 0.15) is 54.1 Å². The van der Waals surface area contributed by atoms with Crippen molar-refractivity contribution < 1.29 is 9.63 Å². The SMILES string of the molecule is Cc1cc(CNc2nc(N)nc3c(CCCCC(CCO)Nc4nc(N)nc5ccn(Cc6cscn6)c45)cn(Cc4ccccn4)c23)no1. The van der Waals surface area contributed by atoms with Crippen LogP contribution in [-0.2, 0) is 26.1 Å². The predicted molar refractivity (Wildman–Crippen MR) is 194 cm³/mol. The Kier molecular flexibility index (Phi) is 9.79. The molecular weight excluding hydrogens is 655 g/mol. The molecule has 7 rings (SSSR count). The fourth-order valence-corrected chi connectivity index (χ4v) is 6.80. The highest BCUT2D eigenvalue weighted by Gasteiger charge is 2.19. The van der Waals surface area contributed by atoms with E-state index in [0.29, 0.717) is 37.7 Å². The van der Waals surface area contributed by atoms with E-state index in [0.717, 1.165) is 76.2 Å². The number of nitrogen functional groups attached to an aromatic ring is 2. The molecule has 16 heteroatoms. The molecule has 0 fully saturated rings. The highest BCUT2D eigenvalue weighted by Crippen LogP contribution is 2.30. The number of hydrogen-bond acceptors (Lipinski definition) is 14. The second-order valence-corrected chi connectivity index (χ2v) is 12.9. The largest absolute Gasteiger partial charge is 0.396 e. The Morgan fingerprint density at radius 2 is 1.78 bits per heavy atom. The van der Waals surface area contributed by atoms with Gasteiger partial charge in [-0.15, -0.1) is 11.3 Å². The molecule has 258 valence electrons. The molecule has 0 aliphatic carbocycles. The summed E-state index contributed by atoms with van der Waals surface area (Å²) in [7, 11) is 0. The molecule has 0 radical (unpaired) electrons. The minimum absolute atomic E-state index is 0.0282. The van der Waals surface area contributed by atoms with Gasteiger partial charge in [0.15, 0.2) is 11.6 Å². The first-order valence-electron chi connectivity index (χ1n) is 16.5. The molecular formula is C34H39N13O2S. The van der Waals surface area contributed by atoms with Crippen LogP contribution in [0.25, 0.3) is 22.1 Å². The van der Waals surface area contributed by atoms with Gasteiger partial charge < -0.3 is 40.9 Å². The summed E-state index contributed by atoms with van der Waals surface area (Å²) >= 11 is 1.56. The van der Waals surface area contributed by atoms with Crippen molar-refractivity contribution in [3.8, 4) is 0 Å². The van der Waals surface area contributed by atoms with Crippen LogP contribution in [-0.4, -0.2) is 61.9 Å². The van der Waals surface area contributed by atoms with Gasteiger partial charge >= 0.3 is 0 Å². The molecule has 1 atom stereocenters. The first kappa shape index (κ1) is 32.9. The molecule has 50 heavy (non-hydrogen) atoms. The van der Waals surface area contributed by atoms with Crippen molar-refractivity contribution in [1.82, 2.24) is 44.2 Å². The third-order valence-corrected chi connectivity index (χ3v) is 9.12. The van der Waals surface area contributed by atoms with Crippen molar-refractivity contribution >= 4 is 56.9 Å². The van der Waals surface area contributed by atoms with E-state index in [-0.39, 0.29) is 24.5 Å². The molecule has 0 spiro atoms. The van der Waals surface area contributed by atoms with Gasteiger partial charge in [-0.25, -0.2) is 15.0 Å². The zero-order valence-electron chi connectivity index (χ0n) is 27.7. The van der Waals surface area contributed by atoms with Crippen LogP contribution < -0.4 is 22.1 Å². The third kappa shape index (κ3) is 7.50. The summed E-state index contributed by atoms with van der Waals surface area (Å²) in [6.07, 6.45) is 9.82. The van der Waals surface area contributed by atoms with Crippen LogP contribution in [0.3, 0.4) is 0 Å². The van der Waals surface area contributed by atoms with Gasteiger partial charge in [-0.2, -0.15) is 9.97 Å². The highest BCUT2D eigenvalue weighted by molar-refractivity contribution is 7.07. The molecule has 7 aromatic heterocycles. The van der Waals surface area contributed by atoms with E-state index in [1.165, 1.54) is 0 Å². The van der Waals surface area contributed by atoms with Crippen LogP contribution in [0.2, 0.25) is 0 Å². The van der Waals surface area contributed by atoms with E-state index in [1.54, 1.807) is 17.5 Å². The summed E-state index contributed by atoms with van der Waals surface area (Å²) in [5.41, 5.74) is 21.2. The lowest BCUT2D eigenvalue weighted by Gasteiger charge is -2.20. The summed E-state index contributed by atoms with van der Waals surface area (Å²) in [5.74, 6) is 2.40. The number of aliphatic hydroxyl groups excluding tert-OH is 1. The molecule has 0 aliphatic heterocycles. The number of aryl methyl sites for hydroxylation is 2. The average Bonchev–Trinajstić information content (AvgIpc) is 3.91. The Balaban J connectivity index is 1.08. The standard InChI is InChI=1S/C34H39N13O2S/c1-21-14-25(45-49-21)15-38-31-30-28(42-34(36)43-31)22(16-47(30)17-24-8-4-5-11-37-24)6-2-3-7-23(10-13-48)40-32-29-27(41-33(35)44-32)9-12-46(29)18-26-19-50-20-39-26/h4-5,8-9,11-12,14,16,19-20,23,48H,2-3,6-7,10,13,15,17-18H2,1H3,(H3,35,40,41,44)(H3,36,38,42,43). The van der Waals surface area contributed by atoms with Crippen LogP contribution in [0.15, 0.2) is 64.3 Å². The Hall–Kier alpha value is -5.61. The van der Waals surface area contributed by atoms with E-state index in [2.05, 4.69) is 56.0 Å². The van der Waals surface area contributed by atoms with E-state index >= 15 is 0 Å². The Morgan fingerprint density at radius 3 is 2.56 bits per heavy atom. The summed E-state index contributed by atoms with van der Waals surface area (Å²) in [4.78, 5) is 27.3. The number of hydrogen-bond donors (Lipinski definition) is 5. The number of thiazole rings is 1. The van der Waals surface area contributed by atoms with Crippen molar-refractivity contribution in [2.45, 2.75) is 64.7 Å². The molecule has 7 aromatic rings. The lowest BCUT2D eigenvalue weighted by molar-refractivity contribution is 0.276. The summed E-state index contributed by atoms with van der Waals surface area (Å²) in [6.45, 7) is 3.47. The molecule has 15 nitrogen and oxygen atoms in total. The quantitative estimate of drug-likeness (QED) is 0.0865. The number of aromatic nitrogens is 9. The molecule has 0 saturated carbocycles. The highest BCUT2D eigenvalue weighted by atomic mass is 32.1. The van der Waals surface area contributed by atoms with Crippen molar-refractivity contribution in [2.75, 3.05) is 28.7 Å². The topological polar surface area (TPSA) is 210 Å². The van der Waals surface area contributed by atoms with Crippen LogP contribution in [0.5, 0.6) is 0 Å². The number of anilines is 4. The Labute approximate surface area is 291 Å². The summed E-state index contributed by atoms with van der Waals surface area (Å²) < 4.78 is 9.45. The van der Waals surface area contributed by atoms with Gasteiger partial charge in [0.05, 0.1) is 47.6 Å². The number of fused-ring (bicyclic) bond motifs is 2. The lowest BCUT2D eigenvalue weighted by Crippen LogP contribution is -2.22. The molecule has 0 saturated heterocycles. The van der Waals surface area contributed by atoms with Gasteiger partial charge in [0.25, 0.3) is 0 Å². The third-order valence-electron chi connectivity index (χ3n) is 8.49. The van der Waals surface area contributed by atoms with Gasteiger partial charge in [0.1, 0.15) is 22.5 Å². The minimum atomic E-state index is -0.0282. The smallest absolute Gasteiger partial charge is 0.222 e. The van der Waals surface area contributed by atoms with Crippen molar-refractivity contribution in [3.05, 3.63) is 88.2 Å². The predicted octanol–water partition coefficient (Wildman–Crippen LogP) is 4.77. The van der Waals surface area contributed by atoms with Gasteiger partial charge in [-0.3, -0.25) is 4.98 Å². The monoisotopic (exact) mass is 693 g/mol. The number of nitrogens with two attached hydrogens (primary N) is 2. The van der Waals surface area contributed by atoms with Gasteiger partial charge in [0.2, 0.25) is 11.9 Å². The number of unbranched alkanes of at least 4 members (excludes halogenated alkanes) is 1. The fourth-order valence-electron chi connectivity index (χ4n) is 6.25. The first-order chi connectivity index (χ1) is 24.4. The van der Waals surface area contributed by atoms with E-state index in [4.69, 9.17) is 21.0 Å². The normalized spacial score (nSPS) is 12.2. The zero-order valence-corrected chi connectivity index (χ0v) is 28.5. The van der Waals surface area contributed by atoms with Gasteiger partial charge in [0, 0.05) is 42.7 Å². The molecule has 0 aliphatic rings. The zero-order chi connectivity index (χ0) is 34.5. The summed E-state index contributed by atoms with van der Waals surface area (Å²) in [5, 5.41) is 23.1. The maximum Gasteiger partial charge on any atom is 0.222 e. The second-order valence-electron chi connectivity index (χ2n) is 12.2. The van der Waals surface area contributed by atoms with Crippen LogP contribution in [0.4, 0.5) is 23.5 Å². The molecule has 1 unspecified atom stereocenters. The number of pyridine rings is 1. The summed E-state index contributed by atoms with van der Waals surface area (Å²) in [6, 6.07) is 9.67. The van der Waals surface area contributed by atoms with Crippen LogP contribution in [0, 0.1) is 6.92 Å². The van der Waals surface area contributed by atoms with E-state index in [1.807, 2.05) is 54.3 Å². The minimum Gasteiger partial charge on any atom is -0.396 e. The van der Waals surface area contributed by atoms with Crippen molar-refractivity contribution in [2.24, 2.45) is 0 Å². The second kappa shape index (κ2) is 14.9. The Morgan fingerprint density at radius 1 is 0.920 bits per heavy atom. The average molecular weight is 694 g/mol. The number of aliphatic hydroxyl groups is 1.